The number of esters is 1. The molecule has 4 heteroatoms. The molecular weight excluding hydrogens is 448 g/mol. The van der Waals surface area contributed by atoms with Gasteiger partial charge in [-0.25, -0.2) is 0 Å². The standard InChI is InChI=1S/C32H40O4/c1-8-23-22-15-21-17(2)20(18-9-11-19(12-10-18)30(3,4)5)16-24(21)35-26(22)27-28-31(6,29(34)36-27)14-13-25(33)32(23,28)7/h9-14,20,22-24,26-28H,8,15-16H2,1-7H3/t20-,22+,23+,24+,26+,27+,28+,31-,32+/m1/s1. The highest BCUT2D eigenvalue weighted by Crippen LogP contribution is 2.65. The second-order valence-electron chi connectivity index (χ2n) is 13.5. The molecule has 4 nitrogen and oxygen atoms in total. The molecule has 2 heterocycles. The minimum Gasteiger partial charge on any atom is -0.459 e. The molecule has 0 aromatic heterocycles. The Balaban J connectivity index is 1.37. The van der Waals surface area contributed by atoms with Crippen LogP contribution in [0, 0.1) is 28.6 Å². The van der Waals surface area contributed by atoms with Gasteiger partial charge < -0.3 is 9.47 Å². The van der Waals surface area contributed by atoms with E-state index in [-0.39, 0.29) is 53.2 Å². The SMILES string of the molecule is CC[C@H]1[C@@H]2CC3=C(C)[C@H](c4ccc(C(C)(C)C)cc4)C[C@@H]3O[C@@H]2[C@@H]2OC(=O)[C@]3(C)C=CC(=O)[C@@]1(C)[C@@H]23. The first kappa shape index (κ1) is 24.2. The van der Waals surface area contributed by atoms with Gasteiger partial charge in [0.1, 0.15) is 6.10 Å². The van der Waals surface area contributed by atoms with Gasteiger partial charge in [-0.05, 0) is 66.7 Å². The summed E-state index contributed by atoms with van der Waals surface area (Å²) in [5, 5.41) is 0. The average Bonchev–Trinajstić information content (AvgIpc) is 3.30. The highest BCUT2D eigenvalue weighted by Gasteiger charge is 2.72. The lowest BCUT2D eigenvalue weighted by atomic mass is 9.45. The Morgan fingerprint density at radius 3 is 2.39 bits per heavy atom. The van der Waals surface area contributed by atoms with Crippen LogP contribution in [0.1, 0.15) is 84.8 Å². The number of rotatable bonds is 2. The molecule has 0 bridgehead atoms. The largest absolute Gasteiger partial charge is 0.459 e. The van der Waals surface area contributed by atoms with Gasteiger partial charge in [0.05, 0.1) is 17.6 Å². The summed E-state index contributed by atoms with van der Waals surface area (Å²) in [6.45, 7) is 15.3. The van der Waals surface area contributed by atoms with Crippen LogP contribution in [0.15, 0.2) is 47.6 Å². The predicted octanol–water partition coefficient (Wildman–Crippen LogP) is 6.29. The van der Waals surface area contributed by atoms with E-state index >= 15 is 0 Å². The predicted molar refractivity (Wildman–Crippen MR) is 139 cm³/mol. The molecule has 3 aliphatic carbocycles. The van der Waals surface area contributed by atoms with Crippen LogP contribution in [-0.4, -0.2) is 30.1 Å². The quantitative estimate of drug-likeness (QED) is 0.362. The minimum atomic E-state index is -0.756. The van der Waals surface area contributed by atoms with Crippen LogP contribution < -0.4 is 0 Å². The van der Waals surface area contributed by atoms with E-state index in [1.165, 1.54) is 22.3 Å². The monoisotopic (exact) mass is 488 g/mol. The fraction of sp³-hybridized carbons (Fsp3) is 0.625. The summed E-state index contributed by atoms with van der Waals surface area (Å²) in [7, 11) is 0. The third-order valence-corrected chi connectivity index (χ3v) is 10.7. The Morgan fingerprint density at radius 1 is 1.06 bits per heavy atom. The second kappa shape index (κ2) is 7.66. The normalized spacial score (nSPS) is 43.2. The molecule has 0 radical (unpaired) electrons. The van der Waals surface area contributed by atoms with E-state index in [9.17, 15) is 9.59 Å². The van der Waals surface area contributed by atoms with E-state index in [2.05, 4.69) is 65.8 Å². The van der Waals surface area contributed by atoms with Crippen molar-refractivity contribution in [2.75, 3.05) is 0 Å². The molecule has 1 aromatic rings. The van der Waals surface area contributed by atoms with E-state index in [0.717, 1.165) is 19.3 Å². The molecule has 2 aliphatic heterocycles. The topological polar surface area (TPSA) is 52.6 Å². The molecular formula is C32H40O4. The second-order valence-corrected chi connectivity index (χ2v) is 13.5. The summed E-state index contributed by atoms with van der Waals surface area (Å²) >= 11 is 0. The highest BCUT2D eigenvalue weighted by molar-refractivity contribution is 6.00. The van der Waals surface area contributed by atoms with Crippen molar-refractivity contribution in [2.45, 2.75) is 97.4 Å². The fourth-order valence-corrected chi connectivity index (χ4v) is 8.74. The number of benzene rings is 1. The Hall–Kier alpha value is -2.20. The third kappa shape index (κ3) is 3.03. The number of carbonyl (C=O) groups excluding carboxylic acids is 2. The van der Waals surface area contributed by atoms with Gasteiger partial charge in [0.2, 0.25) is 0 Å². The van der Waals surface area contributed by atoms with Gasteiger partial charge in [0.15, 0.2) is 5.78 Å². The maximum absolute atomic E-state index is 13.5. The first-order chi connectivity index (χ1) is 16.9. The van der Waals surface area contributed by atoms with Crippen molar-refractivity contribution in [2.24, 2.45) is 28.6 Å². The summed E-state index contributed by atoms with van der Waals surface area (Å²) in [6.07, 6.45) is 5.77. The number of fused-ring (bicyclic) bond motifs is 3. The third-order valence-electron chi connectivity index (χ3n) is 10.7. The van der Waals surface area contributed by atoms with Gasteiger partial charge in [-0.2, -0.15) is 0 Å². The Kier molecular flexibility index (Phi) is 5.14. The number of hydrogen-bond acceptors (Lipinski definition) is 4. The van der Waals surface area contributed by atoms with E-state index in [1.54, 1.807) is 6.08 Å². The van der Waals surface area contributed by atoms with Crippen LogP contribution in [0.3, 0.4) is 0 Å². The van der Waals surface area contributed by atoms with Crippen molar-refractivity contribution in [3.05, 3.63) is 58.7 Å². The Morgan fingerprint density at radius 2 is 1.75 bits per heavy atom. The van der Waals surface area contributed by atoms with Gasteiger partial charge >= 0.3 is 5.97 Å². The molecule has 3 fully saturated rings. The molecule has 6 rings (SSSR count). The summed E-state index contributed by atoms with van der Waals surface area (Å²) in [5.74, 6) is 0.449. The Labute approximate surface area is 215 Å². The van der Waals surface area contributed by atoms with Crippen molar-refractivity contribution in [1.82, 2.24) is 0 Å². The van der Waals surface area contributed by atoms with E-state index in [0.29, 0.717) is 5.92 Å². The van der Waals surface area contributed by atoms with E-state index in [1.807, 2.05) is 13.0 Å². The Bertz CT molecular complexity index is 1180. The molecule has 192 valence electrons. The molecule has 0 amide bonds. The summed E-state index contributed by atoms with van der Waals surface area (Å²) in [6, 6.07) is 9.12. The van der Waals surface area contributed by atoms with Gasteiger partial charge in [0, 0.05) is 17.3 Å². The van der Waals surface area contributed by atoms with Gasteiger partial charge in [-0.1, -0.05) is 77.0 Å². The highest BCUT2D eigenvalue weighted by atomic mass is 16.6. The minimum absolute atomic E-state index is 0.0563. The van der Waals surface area contributed by atoms with Crippen LogP contribution in [0.25, 0.3) is 0 Å². The number of allylic oxidation sites excluding steroid dienone is 2. The molecule has 0 unspecified atom stereocenters. The molecule has 9 atom stereocenters. The lowest BCUT2D eigenvalue weighted by Crippen LogP contribution is -2.64. The maximum Gasteiger partial charge on any atom is 0.316 e. The lowest BCUT2D eigenvalue weighted by Gasteiger charge is -2.58. The van der Waals surface area contributed by atoms with Crippen LogP contribution >= 0.6 is 0 Å². The molecule has 0 N–H and O–H groups in total. The number of ketones is 1. The zero-order chi connectivity index (χ0) is 25.8. The molecule has 0 spiro atoms. The zero-order valence-corrected chi connectivity index (χ0v) is 22.8. The summed E-state index contributed by atoms with van der Waals surface area (Å²) in [5.41, 5.74) is 4.30. The average molecular weight is 489 g/mol. The van der Waals surface area contributed by atoms with Crippen molar-refractivity contribution >= 4 is 11.8 Å². The van der Waals surface area contributed by atoms with Crippen molar-refractivity contribution in [1.29, 1.82) is 0 Å². The van der Waals surface area contributed by atoms with Crippen LogP contribution in [0.4, 0.5) is 0 Å². The van der Waals surface area contributed by atoms with E-state index < -0.39 is 10.8 Å². The van der Waals surface area contributed by atoms with Crippen molar-refractivity contribution in [3.63, 3.8) is 0 Å². The first-order valence-corrected chi connectivity index (χ1v) is 13.8. The number of hydrogen-bond donors (Lipinski definition) is 0. The summed E-state index contributed by atoms with van der Waals surface area (Å²) in [4.78, 5) is 26.6. The lowest BCUT2D eigenvalue weighted by molar-refractivity contribution is -0.202. The molecule has 1 aromatic carbocycles. The summed E-state index contributed by atoms with van der Waals surface area (Å²) < 4.78 is 13.0. The maximum atomic E-state index is 13.5. The van der Waals surface area contributed by atoms with Crippen molar-refractivity contribution in [3.8, 4) is 0 Å². The van der Waals surface area contributed by atoms with Crippen molar-refractivity contribution < 1.29 is 19.1 Å². The number of carbonyl (C=O) groups is 2. The zero-order valence-electron chi connectivity index (χ0n) is 22.8. The number of ether oxygens (including phenoxy) is 2. The molecule has 36 heavy (non-hydrogen) atoms. The van der Waals surface area contributed by atoms with Gasteiger partial charge in [0.25, 0.3) is 0 Å². The van der Waals surface area contributed by atoms with Gasteiger partial charge in [-0.3, -0.25) is 9.59 Å². The molecule has 5 aliphatic rings. The molecule has 1 saturated carbocycles. The fourth-order valence-electron chi connectivity index (χ4n) is 8.74. The van der Waals surface area contributed by atoms with E-state index in [4.69, 9.17) is 9.47 Å². The van der Waals surface area contributed by atoms with Crippen LogP contribution in [0.5, 0.6) is 0 Å². The smallest absolute Gasteiger partial charge is 0.316 e. The molecule has 2 saturated heterocycles. The van der Waals surface area contributed by atoms with Crippen LogP contribution in [-0.2, 0) is 24.5 Å². The van der Waals surface area contributed by atoms with Crippen LogP contribution in [0.2, 0.25) is 0 Å². The van der Waals surface area contributed by atoms with Gasteiger partial charge in [-0.15, -0.1) is 0 Å². The first-order valence-electron chi connectivity index (χ1n) is 13.8.